The largest absolute Gasteiger partial charge is 0.496 e. The minimum Gasteiger partial charge on any atom is -0.496 e. The Morgan fingerprint density at radius 2 is 2.11 bits per heavy atom. The summed E-state index contributed by atoms with van der Waals surface area (Å²) in [4.78, 5) is 14.4. The smallest absolute Gasteiger partial charge is 0.163 e. The zero-order valence-electron chi connectivity index (χ0n) is 11.8. The van der Waals surface area contributed by atoms with E-state index in [9.17, 15) is 4.79 Å². The van der Waals surface area contributed by atoms with Gasteiger partial charge in [0.1, 0.15) is 5.75 Å². The number of methoxy groups -OCH3 is 1. The van der Waals surface area contributed by atoms with Gasteiger partial charge in [0.2, 0.25) is 0 Å². The fourth-order valence-electron chi connectivity index (χ4n) is 2.58. The third-order valence-corrected chi connectivity index (χ3v) is 3.50. The maximum absolute atomic E-state index is 12.3. The minimum atomic E-state index is 0.149. The molecule has 1 saturated carbocycles. The van der Waals surface area contributed by atoms with Crippen LogP contribution in [-0.4, -0.2) is 38.4 Å². The Balaban J connectivity index is 2.19. The van der Waals surface area contributed by atoms with Crippen LogP contribution in [0.1, 0.15) is 18.4 Å². The molecule has 1 fully saturated rings. The van der Waals surface area contributed by atoms with E-state index in [1.807, 2.05) is 44.4 Å². The molecule has 0 N–H and O–H groups in total. The van der Waals surface area contributed by atoms with Crippen molar-refractivity contribution in [2.75, 3.05) is 27.7 Å². The molecule has 0 radical (unpaired) electrons. The number of allylic oxidation sites excluding steroid dienone is 1. The third-order valence-electron chi connectivity index (χ3n) is 3.50. The van der Waals surface area contributed by atoms with Gasteiger partial charge in [-0.05, 0) is 44.7 Å². The Hall–Kier alpha value is -1.61. The lowest BCUT2D eigenvalue weighted by Gasteiger charge is -2.13. The second-order valence-electron chi connectivity index (χ2n) is 5.27. The van der Waals surface area contributed by atoms with E-state index in [1.165, 1.54) is 0 Å². The second kappa shape index (κ2) is 6.02. The molecule has 3 nitrogen and oxygen atoms in total. The first-order valence-corrected chi connectivity index (χ1v) is 6.64. The van der Waals surface area contributed by atoms with Gasteiger partial charge in [-0.15, -0.1) is 0 Å². The first kappa shape index (κ1) is 13.8. The molecule has 0 aliphatic heterocycles. The summed E-state index contributed by atoms with van der Waals surface area (Å²) in [5, 5.41) is 0. The average molecular weight is 259 g/mol. The summed E-state index contributed by atoms with van der Waals surface area (Å²) in [6.45, 7) is 0.835. The summed E-state index contributed by atoms with van der Waals surface area (Å²) in [6, 6.07) is 7.80. The third kappa shape index (κ3) is 3.24. The zero-order chi connectivity index (χ0) is 13.8. The molecule has 19 heavy (non-hydrogen) atoms. The van der Waals surface area contributed by atoms with E-state index in [1.54, 1.807) is 7.11 Å². The van der Waals surface area contributed by atoms with E-state index in [-0.39, 0.29) is 5.92 Å². The van der Waals surface area contributed by atoms with Crippen LogP contribution in [-0.2, 0) is 4.79 Å². The van der Waals surface area contributed by atoms with Crippen LogP contribution in [0.4, 0.5) is 0 Å². The lowest BCUT2D eigenvalue weighted by atomic mass is 10.0. The Morgan fingerprint density at radius 3 is 2.79 bits per heavy atom. The van der Waals surface area contributed by atoms with E-state index < -0.39 is 0 Å². The number of rotatable bonds is 4. The van der Waals surface area contributed by atoms with Crippen LogP contribution in [0.15, 0.2) is 29.8 Å². The standard InChI is InChI=1S/C16H21NO2/c1-17(2)11-14-9-8-13(16(14)18)10-12-6-4-5-7-15(12)19-3/h4-7,10,14H,8-9,11H2,1-3H3/b13-10-. The SMILES string of the molecule is COc1ccccc1/C=C1/CCC(CN(C)C)C1=O. The van der Waals surface area contributed by atoms with Crippen LogP contribution in [0.25, 0.3) is 6.08 Å². The van der Waals surface area contributed by atoms with Crippen LogP contribution in [0.5, 0.6) is 5.75 Å². The fourth-order valence-corrected chi connectivity index (χ4v) is 2.58. The predicted octanol–water partition coefficient (Wildman–Crippen LogP) is 2.62. The van der Waals surface area contributed by atoms with Crippen molar-refractivity contribution >= 4 is 11.9 Å². The normalized spacial score (nSPS) is 21.4. The molecular weight excluding hydrogens is 238 g/mol. The average Bonchev–Trinajstić information content (AvgIpc) is 2.72. The molecule has 0 saturated heterocycles. The Labute approximate surface area is 114 Å². The monoisotopic (exact) mass is 259 g/mol. The van der Waals surface area contributed by atoms with Crippen molar-refractivity contribution in [3.8, 4) is 5.75 Å². The number of benzene rings is 1. The van der Waals surface area contributed by atoms with Crippen LogP contribution < -0.4 is 4.74 Å². The highest BCUT2D eigenvalue weighted by molar-refractivity contribution is 6.03. The predicted molar refractivity (Wildman–Crippen MR) is 77.3 cm³/mol. The summed E-state index contributed by atoms with van der Waals surface area (Å²) in [5.41, 5.74) is 1.91. The molecule has 1 unspecified atom stereocenters. The summed E-state index contributed by atoms with van der Waals surface area (Å²) >= 11 is 0. The Morgan fingerprint density at radius 1 is 1.37 bits per heavy atom. The van der Waals surface area contributed by atoms with Crippen molar-refractivity contribution in [3.05, 3.63) is 35.4 Å². The maximum atomic E-state index is 12.3. The molecule has 0 heterocycles. The quantitative estimate of drug-likeness (QED) is 0.778. The van der Waals surface area contributed by atoms with Crippen molar-refractivity contribution in [2.45, 2.75) is 12.8 Å². The molecule has 102 valence electrons. The van der Waals surface area contributed by atoms with Gasteiger partial charge in [0.25, 0.3) is 0 Å². The number of carbonyl (C=O) groups excluding carboxylic acids is 1. The van der Waals surface area contributed by atoms with Crippen molar-refractivity contribution in [1.29, 1.82) is 0 Å². The highest BCUT2D eigenvalue weighted by Gasteiger charge is 2.29. The van der Waals surface area contributed by atoms with E-state index >= 15 is 0 Å². The first-order valence-electron chi connectivity index (χ1n) is 6.64. The van der Waals surface area contributed by atoms with Crippen LogP contribution in [0.3, 0.4) is 0 Å². The van der Waals surface area contributed by atoms with Gasteiger partial charge in [0.05, 0.1) is 7.11 Å². The molecule has 3 heteroatoms. The van der Waals surface area contributed by atoms with E-state index in [0.29, 0.717) is 5.78 Å². The lowest BCUT2D eigenvalue weighted by molar-refractivity contribution is -0.118. The zero-order valence-corrected chi connectivity index (χ0v) is 11.8. The summed E-state index contributed by atoms with van der Waals surface area (Å²) < 4.78 is 5.32. The number of hydrogen-bond acceptors (Lipinski definition) is 3. The van der Waals surface area contributed by atoms with Crippen LogP contribution in [0, 0.1) is 5.92 Å². The number of ether oxygens (including phenoxy) is 1. The molecule has 0 bridgehead atoms. The van der Waals surface area contributed by atoms with E-state index in [4.69, 9.17) is 4.74 Å². The van der Waals surface area contributed by atoms with Crippen molar-refractivity contribution in [3.63, 3.8) is 0 Å². The van der Waals surface area contributed by atoms with Gasteiger partial charge in [0, 0.05) is 18.0 Å². The van der Waals surface area contributed by atoms with Crippen molar-refractivity contribution in [2.24, 2.45) is 5.92 Å². The van der Waals surface area contributed by atoms with E-state index in [0.717, 1.165) is 36.3 Å². The Bertz CT molecular complexity index is 491. The van der Waals surface area contributed by atoms with Gasteiger partial charge < -0.3 is 9.64 Å². The fraction of sp³-hybridized carbons (Fsp3) is 0.438. The maximum Gasteiger partial charge on any atom is 0.163 e. The van der Waals surface area contributed by atoms with Gasteiger partial charge >= 0.3 is 0 Å². The number of nitrogens with zero attached hydrogens (tertiary/aromatic N) is 1. The summed E-state index contributed by atoms with van der Waals surface area (Å²) in [6.07, 6.45) is 3.81. The molecule has 1 aromatic rings. The van der Waals surface area contributed by atoms with Crippen molar-refractivity contribution < 1.29 is 9.53 Å². The topological polar surface area (TPSA) is 29.5 Å². The minimum absolute atomic E-state index is 0.149. The van der Waals surface area contributed by atoms with Gasteiger partial charge in [-0.25, -0.2) is 0 Å². The molecule has 1 aliphatic rings. The van der Waals surface area contributed by atoms with Gasteiger partial charge in [-0.3, -0.25) is 4.79 Å². The number of carbonyl (C=O) groups is 1. The number of hydrogen-bond donors (Lipinski definition) is 0. The van der Waals surface area contributed by atoms with Crippen molar-refractivity contribution in [1.82, 2.24) is 4.90 Å². The van der Waals surface area contributed by atoms with Gasteiger partial charge in [-0.2, -0.15) is 0 Å². The summed E-state index contributed by atoms with van der Waals surface area (Å²) in [7, 11) is 5.67. The molecule has 1 aliphatic carbocycles. The molecule has 0 spiro atoms. The molecule has 1 atom stereocenters. The van der Waals surface area contributed by atoms with Gasteiger partial charge in [0.15, 0.2) is 5.78 Å². The molecule has 2 rings (SSSR count). The summed E-state index contributed by atoms with van der Waals surface area (Å²) in [5.74, 6) is 1.26. The highest BCUT2D eigenvalue weighted by atomic mass is 16.5. The molecular formula is C16H21NO2. The molecule has 1 aromatic carbocycles. The first-order chi connectivity index (χ1) is 9.11. The van der Waals surface area contributed by atoms with Crippen LogP contribution in [0.2, 0.25) is 0 Å². The number of Topliss-reactive ketones (excluding diaryl/α,β-unsaturated/α-hetero) is 1. The Kier molecular flexibility index (Phi) is 4.38. The second-order valence-corrected chi connectivity index (χ2v) is 5.27. The van der Waals surface area contributed by atoms with Crippen LogP contribution >= 0.6 is 0 Å². The number of ketones is 1. The molecule has 0 aromatic heterocycles. The lowest BCUT2D eigenvalue weighted by Crippen LogP contribution is -2.24. The number of para-hydroxylation sites is 1. The molecule has 0 amide bonds. The van der Waals surface area contributed by atoms with Gasteiger partial charge in [-0.1, -0.05) is 18.2 Å². The van der Waals surface area contributed by atoms with E-state index in [2.05, 4.69) is 4.90 Å². The highest BCUT2D eigenvalue weighted by Crippen LogP contribution is 2.30.